The summed E-state index contributed by atoms with van der Waals surface area (Å²) < 4.78 is 113. The van der Waals surface area contributed by atoms with Crippen LogP contribution in [0.5, 0.6) is 0 Å². The Kier molecular flexibility index (Phi) is 9.26. The number of hydrogen-bond acceptors (Lipinski definition) is 19. The van der Waals surface area contributed by atoms with E-state index in [1.165, 1.54) is 30.3 Å². The van der Waals surface area contributed by atoms with Crippen LogP contribution in [0.3, 0.4) is 0 Å². The summed E-state index contributed by atoms with van der Waals surface area (Å²) in [5.41, 5.74) is 0.322. The molecule has 25 heteroatoms. The van der Waals surface area contributed by atoms with Crippen molar-refractivity contribution >= 4 is 86.5 Å². The average molecular weight is 885 g/mol. The van der Waals surface area contributed by atoms with Crippen molar-refractivity contribution < 1.29 is 70.6 Å². The fourth-order valence-corrected chi connectivity index (χ4v) is 8.04. The molecule has 0 amide bonds. The number of aromatic nitrogens is 8. The first-order valence-electron chi connectivity index (χ1n) is 15.3. The predicted molar refractivity (Wildman–Crippen MR) is 186 cm³/mol. The minimum atomic E-state index is -4.99. The van der Waals surface area contributed by atoms with Crippen LogP contribution in [0, 0.1) is 0 Å². The third kappa shape index (κ3) is 6.83. The van der Waals surface area contributed by atoms with Gasteiger partial charge in [-0.15, -0.1) is 0 Å². The van der Waals surface area contributed by atoms with Crippen molar-refractivity contribution in [1.29, 1.82) is 0 Å². The molecule has 0 radical (unpaired) electrons. The van der Waals surface area contributed by atoms with Gasteiger partial charge >= 0.3 is 17.1 Å². The van der Waals surface area contributed by atoms with Gasteiger partial charge in [0.2, 0.25) is 0 Å². The Morgan fingerprint density at radius 3 is 1.32 bits per heavy atom. The molecule has 9 rings (SSSR count). The van der Waals surface area contributed by atoms with Gasteiger partial charge < -0.3 is 48.8 Å². The molecule has 2 aliphatic heterocycles. The van der Waals surface area contributed by atoms with Gasteiger partial charge in [0.15, 0.2) is 0 Å². The second kappa shape index (κ2) is 13.7. The molecule has 5 heterocycles. The van der Waals surface area contributed by atoms with E-state index in [-0.39, 0.29) is 95.6 Å². The van der Waals surface area contributed by atoms with Gasteiger partial charge in [-0.05, 0) is 70.1 Å². The van der Waals surface area contributed by atoms with Crippen LogP contribution in [0.25, 0.3) is 89.7 Å². The zero-order valence-corrected chi connectivity index (χ0v) is 31.8. The minimum absolute atomic E-state index is 0. The molecule has 0 atom stereocenters. The third-order valence-electron chi connectivity index (χ3n) is 8.61. The Labute approximate surface area is 333 Å². The first-order valence-corrected chi connectivity index (χ1v) is 20.3. The van der Waals surface area contributed by atoms with Crippen LogP contribution in [-0.2, 0) is 56.8 Å². The number of nitrogens with zero attached hydrogens (tertiary/aromatic N) is 8. The number of fused-ring (bicyclic) bond motifs is 20. The largest absolute Gasteiger partial charge is 2.00 e. The smallest absolute Gasteiger partial charge is 0.744 e. The molecule has 7 aromatic rings. The first-order chi connectivity index (χ1) is 26.5. The molecule has 8 bridgehead atoms. The average Bonchev–Trinajstić information content (AvgIpc) is 3.87. The summed E-state index contributed by atoms with van der Waals surface area (Å²) in [5, 5.41) is 14.5. The van der Waals surface area contributed by atoms with E-state index >= 15 is 0 Å². The van der Waals surface area contributed by atoms with Gasteiger partial charge in [0, 0.05) is 49.7 Å². The van der Waals surface area contributed by atoms with E-state index in [1.807, 2.05) is 0 Å². The molecule has 0 unspecified atom stereocenters. The molecule has 3 aromatic heterocycles. The molecular weight excluding hydrogens is 873 g/mol. The molecule has 288 valence electrons. The van der Waals surface area contributed by atoms with Gasteiger partial charge in [-0.25, -0.2) is 35.2 Å². The van der Waals surface area contributed by atoms with Crippen molar-refractivity contribution in [2.75, 3.05) is 0 Å². The van der Waals surface area contributed by atoms with Crippen molar-refractivity contribution in [2.45, 2.75) is 19.6 Å². The number of hydrogen-bond donors (Lipinski definition) is 0. The molecule has 0 aliphatic carbocycles. The second-order valence-electron chi connectivity index (χ2n) is 11.9. The molecule has 0 saturated heterocycles. The zero-order chi connectivity index (χ0) is 39.3. The first kappa shape index (κ1) is 38.6. The Morgan fingerprint density at radius 1 is 0.474 bits per heavy atom. The summed E-state index contributed by atoms with van der Waals surface area (Å²) >= 11 is 0.574. The van der Waals surface area contributed by atoms with E-state index < -0.39 is 45.0 Å². The Hall–Kier alpha value is -5.28. The normalized spacial score (nSPS) is 12.7. The fourth-order valence-electron chi connectivity index (χ4n) is 6.15. The maximum atomic E-state index is 12.1. The SMILES string of the molecule is O=S(=O)([O-])c1ccc2c(c1)-c1nc-2nc2[n-]c(nc3nc(nc4[n-]c(n1)c1ccc(S(=O)(=O)[O-])cc41)-c1ccc(SOO[O-])cc1-3)c1ccc(S(=O)(=O)[O-])cc21.[Fe+2]. The molecule has 0 N–H and O–H groups in total. The molecular formula is C32H12FeN8O12S4-4. The summed E-state index contributed by atoms with van der Waals surface area (Å²) in [6.07, 6.45) is 0. The molecule has 0 spiro atoms. The van der Waals surface area contributed by atoms with Crippen molar-refractivity contribution in [3.63, 3.8) is 0 Å². The van der Waals surface area contributed by atoms with Gasteiger partial charge in [0.25, 0.3) is 0 Å². The molecule has 20 nitrogen and oxygen atoms in total. The number of benzene rings is 4. The Morgan fingerprint density at radius 2 is 0.860 bits per heavy atom. The monoisotopic (exact) mass is 884 g/mol. The zero-order valence-electron chi connectivity index (χ0n) is 27.4. The van der Waals surface area contributed by atoms with Crippen LogP contribution in [0.2, 0.25) is 0 Å². The van der Waals surface area contributed by atoms with Crippen LogP contribution >= 0.6 is 12.0 Å². The van der Waals surface area contributed by atoms with Crippen molar-refractivity contribution in [1.82, 2.24) is 39.9 Å². The molecule has 4 aromatic carbocycles. The maximum absolute atomic E-state index is 12.1. The van der Waals surface area contributed by atoms with Crippen LogP contribution in [0.4, 0.5) is 0 Å². The van der Waals surface area contributed by atoms with Gasteiger partial charge in [-0.1, -0.05) is 24.3 Å². The quantitative estimate of drug-likeness (QED) is 0.0758. The van der Waals surface area contributed by atoms with E-state index in [0.717, 1.165) is 36.4 Å². The van der Waals surface area contributed by atoms with Crippen LogP contribution in [0.15, 0.2) is 92.4 Å². The van der Waals surface area contributed by atoms with Crippen LogP contribution < -0.4 is 15.2 Å². The standard InChI is InChI=1S/C32H16N8O12S4.Fe/c41-51-52-53-13-1-5-17-21(9-13)29-33-25(17)35-30-23-11-15(55(45,46)47)3-7-19(23)27(37-30)39-32-24-12-16(56(48,49)50)4-8-20(24)28(40-32)38-31-22-10-14(54(42,43)44)2-6-18(22)26(34-29)36-31;/h1-12H,(H4-2,33,34,35,36,37,38,39,40,41,42,43,44,45,46,47,48,49,50);/q-2;+2/p-4. The Balaban J connectivity index is 0.00000455. The Bertz CT molecular complexity index is 3380. The van der Waals surface area contributed by atoms with E-state index in [4.69, 9.17) is 0 Å². The molecule has 0 fully saturated rings. The summed E-state index contributed by atoms with van der Waals surface area (Å²) in [5.74, 6) is -0.379. The summed E-state index contributed by atoms with van der Waals surface area (Å²) in [6.45, 7) is 0. The van der Waals surface area contributed by atoms with Crippen molar-refractivity contribution in [3.05, 3.63) is 72.8 Å². The summed E-state index contributed by atoms with van der Waals surface area (Å²) in [4.78, 5) is 35.0. The van der Waals surface area contributed by atoms with Crippen LogP contribution in [0.1, 0.15) is 0 Å². The third-order valence-corrected chi connectivity index (χ3v) is 11.7. The van der Waals surface area contributed by atoms with E-state index in [0.29, 0.717) is 28.1 Å². The number of rotatable bonds is 6. The summed E-state index contributed by atoms with van der Waals surface area (Å²) in [7, 11) is -14.9. The minimum Gasteiger partial charge on any atom is -0.744 e. The van der Waals surface area contributed by atoms with Crippen molar-refractivity contribution in [2.24, 2.45) is 0 Å². The van der Waals surface area contributed by atoms with Gasteiger partial charge in [0.1, 0.15) is 30.4 Å². The van der Waals surface area contributed by atoms with Gasteiger partial charge in [-0.2, -0.15) is 4.33 Å². The predicted octanol–water partition coefficient (Wildman–Crippen LogP) is 2.07. The summed E-state index contributed by atoms with van der Waals surface area (Å²) in [6, 6.07) is 14.7. The van der Waals surface area contributed by atoms with Crippen LogP contribution in [-0.4, -0.2) is 68.8 Å². The van der Waals surface area contributed by atoms with E-state index in [9.17, 15) is 44.2 Å². The van der Waals surface area contributed by atoms with Gasteiger partial charge in [-0.3, -0.25) is 5.04 Å². The van der Waals surface area contributed by atoms with E-state index in [2.05, 4.69) is 49.2 Å². The maximum Gasteiger partial charge on any atom is 2.00 e. The van der Waals surface area contributed by atoms with E-state index in [1.54, 1.807) is 6.07 Å². The molecule has 0 saturated carbocycles. The topological polar surface area (TPSA) is 319 Å². The molecule has 57 heavy (non-hydrogen) atoms. The van der Waals surface area contributed by atoms with Gasteiger partial charge in [0.05, 0.1) is 50.0 Å². The van der Waals surface area contributed by atoms with Crippen molar-refractivity contribution in [3.8, 4) is 45.6 Å². The second-order valence-corrected chi connectivity index (χ2v) is 16.8. The molecule has 2 aliphatic rings. The fraction of sp³-hybridized carbons (Fsp3) is 0.